The molecule has 2 aromatic rings. The Balaban J connectivity index is 1.85. The van der Waals surface area contributed by atoms with Crippen molar-refractivity contribution in [2.24, 2.45) is 0 Å². The topological polar surface area (TPSA) is 46.2 Å². The van der Waals surface area contributed by atoms with E-state index in [4.69, 9.17) is 11.6 Å². The van der Waals surface area contributed by atoms with E-state index in [1.54, 1.807) is 24.3 Å². The second-order valence-corrected chi connectivity index (χ2v) is 7.70. The van der Waals surface area contributed by atoms with Gasteiger partial charge in [0.25, 0.3) is 0 Å². The first-order chi connectivity index (χ1) is 9.97. The van der Waals surface area contributed by atoms with Gasteiger partial charge in [0.2, 0.25) is 10.0 Å². The van der Waals surface area contributed by atoms with Crippen LogP contribution in [0.3, 0.4) is 0 Å². The monoisotopic (exact) mass is 387 g/mol. The average molecular weight is 389 g/mol. The first kappa shape index (κ1) is 16.5. The molecule has 0 bridgehead atoms. The van der Waals surface area contributed by atoms with Gasteiger partial charge < -0.3 is 0 Å². The molecule has 0 aromatic heterocycles. The van der Waals surface area contributed by atoms with Crippen molar-refractivity contribution in [3.63, 3.8) is 0 Å². The molecule has 0 amide bonds. The summed E-state index contributed by atoms with van der Waals surface area (Å²) >= 11 is 9.10. The van der Waals surface area contributed by atoms with Crippen LogP contribution < -0.4 is 4.72 Å². The Hall–Kier alpha value is -0.880. The number of rotatable bonds is 6. The highest BCUT2D eigenvalue weighted by Crippen LogP contribution is 2.15. The van der Waals surface area contributed by atoms with Crippen molar-refractivity contribution in [1.82, 2.24) is 4.72 Å². The van der Waals surface area contributed by atoms with Crippen molar-refractivity contribution in [1.29, 1.82) is 0 Å². The van der Waals surface area contributed by atoms with E-state index in [1.807, 2.05) is 24.3 Å². The molecule has 0 spiro atoms. The molecule has 0 aliphatic carbocycles. The van der Waals surface area contributed by atoms with Gasteiger partial charge >= 0.3 is 0 Å². The molecule has 0 aliphatic rings. The molecule has 0 saturated carbocycles. The Morgan fingerprint density at radius 2 is 1.62 bits per heavy atom. The van der Waals surface area contributed by atoms with E-state index in [1.165, 1.54) is 0 Å². The van der Waals surface area contributed by atoms with Crippen molar-refractivity contribution in [2.45, 2.75) is 17.7 Å². The molecular formula is C15H15BrClNO2S. The third kappa shape index (κ3) is 5.11. The number of nitrogens with one attached hydrogen (secondary N) is 1. The Bertz CT molecular complexity index is 685. The fourth-order valence-electron chi connectivity index (χ4n) is 1.85. The number of aryl methyl sites for hydroxylation is 1. The summed E-state index contributed by atoms with van der Waals surface area (Å²) < 4.78 is 27.6. The molecule has 0 heterocycles. The zero-order chi connectivity index (χ0) is 15.3. The lowest BCUT2D eigenvalue weighted by Crippen LogP contribution is -2.25. The smallest absolute Gasteiger partial charge is 0.211 e. The molecule has 21 heavy (non-hydrogen) atoms. The fraction of sp³-hybridized carbons (Fsp3) is 0.200. The molecule has 3 nitrogen and oxygen atoms in total. The van der Waals surface area contributed by atoms with Crippen LogP contribution in [0.5, 0.6) is 0 Å². The molecule has 0 atom stereocenters. The van der Waals surface area contributed by atoms with Gasteiger partial charge in [0.15, 0.2) is 0 Å². The van der Waals surface area contributed by atoms with Gasteiger partial charge in [-0.25, -0.2) is 13.1 Å². The Labute approximate surface area is 138 Å². The van der Waals surface area contributed by atoms with E-state index < -0.39 is 10.0 Å². The van der Waals surface area contributed by atoms with Gasteiger partial charge in [0.05, 0.1) is 4.90 Å². The zero-order valence-corrected chi connectivity index (χ0v) is 14.4. The van der Waals surface area contributed by atoms with Crippen molar-refractivity contribution in [3.05, 3.63) is 63.6 Å². The quantitative estimate of drug-likeness (QED) is 0.760. The predicted molar refractivity (Wildman–Crippen MR) is 89.1 cm³/mol. The lowest BCUT2D eigenvalue weighted by atomic mass is 10.1. The maximum atomic E-state index is 12.1. The van der Waals surface area contributed by atoms with E-state index in [0.29, 0.717) is 11.6 Å². The molecule has 0 radical (unpaired) electrons. The summed E-state index contributed by atoms with van der Waals surface area (Å²) in [5.74, 6) is 0. The normalized spacial score (nSPS) is 11.5. The Morgan fingerprint density at radius 3 is 2.24 bits per heavy atom. The van der Waals surface area contributed by atoms with Gasteiger partial charge in [0.1, 0.15) is 0 Å². The van der Waals surface area contributed by atoms with Crippen LogP contribution in [0.25, 0.3) is 0 Å². The van der Waals surface area contributed by atoms with Gasteiger partial charge in [-0.1, -0.05) is 39.7 Å². The van der Waals surface area contributed by atoms with Crippen LogP contribution in [0.1, 0.15) is 12.0 Å². The lowest BCUT2D eigenvalue weighted by Gasteiger charge is -2.07. The molecule has 0 aliphatic heterocycles. The van der Waals surface area contributed by atoms with Crippen molar-refractivity contribution < 1.29 is 8.42 Å². The largest absolute Gasteiger partial charge is 0.240 e. The summed E-state index contributed by atoms with van der Waals surface area (Å²) in [5, 5.41) is 0.703. The summed E-state index contributed by atoms with van der Waals surface area (Å²) in [6.45, 7) is 0.404. The maximum Gasteiger partial charge on any atom is 0.240 e. The van der Waals surface area contributed by atoms with E-state index in [2.05, 4.69) is 20.7 Å². The molecule has 1 N–H and O–H groups in total. The van der Waals surface area contributed by atoms with E-state index >= 15 is 0 Å². The minimum absolute atomic E-state index is 0.275. The number of hydrogen-bond acceptors (Lipinski definition) is 2. The molecular weight excluding hydrogens is 374 g/mol. The minimum atomic E-state index is -3.43. The van der Waals surface area contributed by atoms with Crippen molar-refractivity contribution in [3.8, 4) is 0 Å². The van der Waals surface area contributed by atoms with Crippen LogP contribution in [0.15, 0.2) is 57.9 Å². The van der Waals surface area contributed by atoms with E-state index in [0.717, 1.165) is 22.9 Å². The summed E-state index contributed by atoms with van der Waals surface area (Å²) in [5.41, 5.74) is 1.14. The van der Waals surface area contributed by atoms with Crippen LogP contribution >= 0.6 is 27.5 Å². The van der Waals surface area contributed by atoms with Crippen molar-refractivity contribution >= 4 is 37.6 Å². The first-order valence-corrected chi connectivity index (χ1v) is 9.12. The third-order valence-corrected chi connectivity index (χ3v) is 5.23. The second kappa shape index (κ2) is 7.40. The average Bonchev–Trinajstić information content (AvgIpc) is 2.46. The highest BCUT2D eigenvalue weighted by atomic mass is 79.9. The molecule has 2 aromatic carbocycles. The maximum absolute atomic E-state index is 12.1. The summed E-state index contributed by atoms with van der Waals surface area (Å²) in [6, 6.07) is 14.1. The fourth-order valence-corrected chi connectivity index (χ4v) is 3.31. The van der Waals surface area contributed by atoms with E-state index in [9.17, 15) is 8.42 Å². The Morgan fingerprint density at radius 1 is 1.00 bits per heavy atom. The van der Waals surface area contributed by atoms with Crippen molar-refractivity contribution in [2.75, 3.05) is 6.54 Å². The summed E-state index contributed by atoms with van der Waals surface area (Å²) in [6.07, 6.45) is 1.54. The minimum Gasteiger partial charge on any atom is -0.211 e. The molecule has 0 saturated heterocycles. The first-order valence-electron chi connectivity index (χ1n) is 6.47. The standard InChI is InChI=1S/C15H15BrClNO2S/c16-13-5-9-15(10-6-13)21(19,20)18-11-1-2-12-3-7-14(17)8-4-12/h3-10,18H,1-2,11H2. The highest BCUT2D eigenvalue weighted by molar-refractivity contribution is 9.10. The van der Waals surface area contributed by atoms with Gasteiger partial charge in [-0.15, -0.1) is 0 Å². The number of benzene rings is 2. The van der Waals surface area contributed by atoms with Crippen LogP contribution in [0.2, 0.25) is 5.02 Å². The summed E-state index contributed by atoms with van der Waals surface area (Å²) in [7, 11) is -3.43. The van der Waals surface area contributed by atoms with Gasteiger partial charge in [0, 0.05) is 16.0 Å². The molecule has 0 fully saturated rings. The number of sulfonamides is 1. The lowest BCUT2D eigenvalue weighted by molar-refractivity contribution is 0.579. The van der Waals surface area contributed by atoms with Gasteiger partial charge in [-0.05, 0) is 54.8 Å². The molecule has 2 rings (SSSR count). The zero-order valence-electron chi connectivity index (χ0n) is 11.2. The number of halogens is 2. The second-order valence-electron chi connectivity index (χ2n) is 4.58. The van der Waals surface area contributed by atoms with Gasteiger partial charge in [-0.2, -0.15) is 0 Å². The number of hydrogen-bond donors (Lipinski definition) is 1. The SMILES string of the molecule is O=S(=O)(NCCCc1ccc(Cl)cc1)c1ccc(Br)cc1. The molecule has 112 valence electrons. The van der Waals surface area contributed by atoms with Crippen LogP contribution in [-0.2, 0) is 16.4 Å². The van der Waals surface area contributed by atoms with Gasteiger partial charge in [-0.3, -0.25) is 0 Å². The van der Waals surface area contributed by atoms with E-state index in [-0.39, 0.29) is 4.90 Å². The summed E-state index contributed by atoms with van der Waals surface area (Å²) in [4.78, 5) is 0.275. The van der Waals surface area contributed by atoms with Crippen LogP contribution in [-0.4, -0.2) is 15.0 Å². The molecule has 0 unspecified atom stereocenters. The van der Waals surface area contributed by atoms with Crippen LogP contribution in [0.4, 0.5) is 0 Å². The predicted octanol–water partition coefficient (Wildman–Crippen LogP) is 4.01. The van der Waals surface area contributed by atoms with Crippen LogP contribution in [0, 0.1) is 0 Å². The molecule has 6 heteroatoms. The Kier molecular flexibility index (Phi) is 5.81. The highest BCUT2D eigenvalue weighted by Gasteiger charge is 2.12. The third-order valence-electron chi connectivity index (χ3n) is 2.97.